The van der Waals surface area contributed by atoms with Crippen molar-refractivity contribution in [2.45, 2.75) is 0 Å². The molecule has 114 valence electrons. The zero-order valence-corrected chi connectivity index (χ0v) is 12.7. The molecule has 0 radical (unpaired) electrons. The molecule has 0 bridgehead atoms. The summed E-state index contributed by atoms with van der Waals surface area (Å²) in [7, 11) is 0. The van der Waals surface area contributed by atoms with Crippen molar-refractivity contribution in [3.05, 3.63) is 52.1 Å². The van der Waals surface area contributed by atoms with Gasteiger partial charge in [-0.15, -0.1) is 0 Å². The molecule has 0 unspecified atom stereocenters. The van der Waals surface area contributed by atoms with Crippen LogP contribution in [0.25, 0.3) is 0 Å². The second kappa shape index (κ2) is 7.11. The number of pyridine rings is 1. The summed E-state index contributed by atoms with van der Waals surface area (Å²) in [5, 5.41) is 3.01. The third-order valence-corrected chi connectivity index (χ3v) is 3.44. The van der Waals surface area contributed by atoms with E-state index in [1.54, 1.807) is 24.3 Å². The first kappa shape index (κ1) is 16.1. The summed E-state index contributed by atoms with van der Waals surface area (Å²) in [6.45, 7) is -0.490. The van der Waals surface area contributed by atoms with Gasteiger partial charge in [-0.25, -0.2) is 9.78 Å². The van der Waals surface area contributed by atoms with Crippen LogP contribution >= 0.6 is 23.2 Å². The molecule has 2 rings (SSSR count). The molecule has 1 aromatic carbocycles. The van der Waals surface area contributed by atoms with Crippen LogP contribution in [-0.4, -0.2) is 23.5 Å². The van der Waals surface area contributed by atoms with Crippen molar-refractivity contribution in [3.63, 3.8) is 0 Å². The maximum absolute atomic E-state index is 11.8. The molecule has 0 aliphatic rings. The number of carbonyl (C=O) groups excluding carboxylic acids is 2. The molecule has 22 heavy (non-hydrogen) atoms. The number of rotatable bonds is 4. The molecule has 1 aromatic heterocycles. The van der Waals surface area contributed by atoms with Crippen LogP contribution in [0.1, 0.15) is 10.4 Å². The lowest BCUT2D eigenvalue weighted by molar-refractivity contribution is -0.119. The molecule has 1 amide bonds. The minimum absolute atomic E-state index is 0.0331. The Kier molecular flexibility index (Phi) is 5.19. The number of hydrogen-bond donors (Lipinski definition) is 2. The monoisotopic (exact) mass is 339 g/mol. The molecule has 1 heterocycles. The van der Waals surface area contributed by atoms with E-state index in [1.807, 2.05) is 0 Å². The molecule has 0 saturated carbocycles. The van der Waals surface area contributed by atoms with E-state index < -0.39 is 18.5 Å². The van der Waals surface area contributed by atoms with Crippen molar-refractivity contribution >= 4 is 46.6 Å². The van der Waals surface area contributed by atoms with Crippen molar-refractivity contribution in [3.8, 4) is 0 Å². The topological polar surface area (TPSA) is 94.3 Å². The molecular weight excluding hydrogens is 329 g/mol. The van der Waals surface area contributed by atoms with E-state index in [0.29, 0.717) is 10.7 Å². The molecule has 0 aliphatic heterocycles. The van der Waals surface area contributed by atoms with Crippen LogP contribution in [-0.2, 0) is 9.53 Å². The zero-order valence-electron chi connectivity index (χ0n) is 11.2. The molecule has 2 aromatic rings. The van der Waals surface area contributed by atoms with Crippen LogP contribution in [0, 0.1) is 0 Å². The highest BCUT2D eigenvalue weighted by Gasteiger charge is 2.14. The Bertz CT molecular complexity index is 722. The van der Waals surface area contributed by atoms with Crippen LogP contribution < -0.4 is 11.1 Å². The number of nitrogens with zero attached hydrogens (tertiary/aromatic N) is 1. The maximum Gasteiger partial charge on any atom is 0.342 e. The number of halogens is 2. The third kappa shape index (κ3) is 3.87. The molecule has 0 spiro atoms. The number of benzene rings is 1. The number of amides is 1. The van der Waals surface area contributed by atoms with E-state index in [2.05, 4.69) is 10.3 Å². The Hall–Kier alpha value is -2.31. The fourth-order valence-corrected chi connectivity index (χ4v) is 1.93. The second-order valence-electron chi connectivity index (χ2n) is 4.16. The van der Waals surface area contributed by atoms with Gasteiger partial charge in [0.05, 0.1) is 15.7 Å². The summed E-state index contributed by atoms with van der Waals surface area (Å²) in [6.07, 6.45) is 1.44. The van der Waals surface area contributed by atoms with Gasteiger partial charge in [-0.3, -0.25) is 4.79 Å². The summed E-state index contributed by atoms with van der Waals surface area (Å²) in [5.74, 6) is -1.26. The average Bonchev–Trinajstić information content (AvgIpc) is 2.50. The predicted octanol–water partition coefficient (Wildman–Crippen LogP) is 2.77. The standard InChI is InChI=1S/C14H11Cl2N3O3/c15-9-4-1-5-10(12(9)16)19-11(20)7-22-14(21)8-3-2-6-18-13(8)17/h1-6H,7H2,(H2,17,18)(H,19,20). The molecule has 0 aliphatic carbocycles. The summed E-state index contributed by atoms with van der Waals surface area (Å²) in [5.41, 5.74) is 5.97. The van der Waals surface area contributed by atoms with Crippen molar-refractivity contribution in [2.24, 2.45) is 0 Å². The van der Waals surface area contributed by atoms with Crippen LogP contribution in [0.4, 0.5) is 11.5 Å². The number of nitrogens with one attached hydrogen (secondary N) is 1. The fourth-order valence-electron chi connectivity index (χ4n) is 1.59. The Morgan fingerprint density at radius 2 is 2.00 bits per heavy atom. The number of aromatic nitrogens is 1. The van der Waals surface area contributed by atoms with E-state index in [1.165, 1.54) is 12.3 Å². The highest BCUT2D eigenvalue weighted by atomic mass is 35.5. The Morgan fingerprint density at radius 3 is 2.73 bits per heavy atom. The van der Waals surface area contributed by atoms with E-state index in [4.69, 9.17) is 33.7 Å². The number of carbonyl (C=O) groups is 2. The van der Waals surface area contributed by atoms with Crippen molar-refractivity contribution in [1.82, 2.24) is 4.98 Å². The highest BCUT2D eigenvalue weighted by molar-refractivity contribution is 6.44. The SMILES string of the molecule is Nc1ncccc1C(=O)OCC(=O)Nc1cccc(Cl)c1Cl. The van der Waals surface area contributed by atoms with Gasteiger partial charge in [-0.2, -0.15) is 0 Å². The average molecular weight is 340 g/mol. The number of nitrogens with two attached hydrogens (primary N) is 1. The minimum Gasteiger partial charge on any atom is -0.452 e. The molecule has 3 N–H and O–H groups in total. The van der Waals surface area contributed by atoms with E-state index >= 15 is 0 Å². The van der Waals surface area contributed by atoms with Crippen molar-refractivity contribution in [2.75, 3.05) is 17.7 Å². The van der Waals surface area contributed by atoms with Gasteiger partial charge in [0.15, 0.2) is 6.61 Å². The van der Waals surface area contributed by atoms with Crippen LogP contribution in [0.3, 0.4) is 0 Å². The lowest BCUT2D eigenvalue weighted by Gasteiger charge is -2.09. The summed E-state index contributed by atoms with van der Waals surface area (Å²) in [6, 6.07) is 7.79. The number of ether oxygens (including phenoxy) is 1. The van der Waals surface area contributed by atoms with Crippen molar-refractivity contribution in [1.29, 1.82) is 0 Å². The van der Waals surface area contributed by atoms with Crippen LogP contribution in [0.2, 0.25) is 10.0 Å². The van der Waals surface area contributed by atoms with Gasteiger partial charge in [-0.05, 0) is 24.3 Å². The van der Waals surface area contributed by atoms with Gasteiger partial charge in [-0.1, -0.05) is 29.3 Å². The molecular formula is C14H11Cl2N3O3. The number of hydrogen-bond acceptors (Lipinski definition) is 5. The van der Waals surface area contributed by atoms with Gasteiger partial charge in [0, 0.05) is 6.20 Å². The first-order valence-corrected chi connectivity index (χ1v) is 6.86. The highest BCUT2D eigenvalue weighted by Crippen LogP contribution is 2.29. The van der Waals surface area contributed by atoms with Gasteiger partial charge in [0.2, 0.25) is 0 Å². The van der Waals surface area contributed by atoms with E-state index in [9.17, 15) is 9.59 Å². The summed E-state index contributed by atoms with van der Waals surface area (Å²) in [4.78, 5) is 27.3. The molecule has 0 saturated heterocycles. The molecule has 0 fully saturated rings. The van der Waals surface area contributed by atoms with E-state index in [0.717, 1.165) is 0 Å². The molecule has 6 nitrogen and oxygen atoms in total. The Balaban J connectivity index is 1.95. The quantitative estimate of drug-likeness (QED) is 0.835. The number of anilines is 2. The lowest BCUT2D eigenvalue weighted by atomic mass is 10.2. The third-order valence-electron chi connectivity index (χ3n) is 2.62. The summed E-state index contributed by atoms with van der Waals surface area (Å²) < 4.78 is 4.87. The van der Waals surface area contributed by atoms with Gasteiger partial charge >= 0.3 is 5.97 Å². The number of nitrogen functional groups attached to an aromatic ring is 1. The van der Waals surface area contributed by atoms with Crippen LogP contribution in [0.15, 0.2) is 36.5 Å². The Labute approximate surface area is 136 Å². The normalized spacial score (nSPS) is 10.1. The first-order valence-electron chi connectivity index (χ1n) is 6.10. The largest absolute Gasteiger partial charge is 0.452 e. The maximum atomic E-state index is 11.8. The molecule has 8 heteroatoms. The van der Waals surface area contributed by atoms with Crippen molar-refractivity contribution < 1.29 is 14.3 Å². The minimum atomic E-state index is -0.738. The second-order valence-corrected chi connectivity index (χ2v) is 4.95. The zero-order chi connectivity index (χ0) is 16.1. The van der Waals surface area contributed by atoms with Gasteiger partial charge in [0.25, 0.3) is 5.91 Å². The van der Waals surface area contributed by atoms with Gasteiger partial charge < -0.3 is 15.8 Å². The number of esters is 1. The lowest BCUT2D eigenvalue weighted by Crippen LogP contribution is -2.21. The van der Waals surface area contributed by atoms with Crippen LogP contribution in [0.5, 0.6) is 0 Å². The van der Waals surface area contributed by atoms with Gasteiger partial charge in [0.1, 0.15) is 11.4 Å². The smallest absolute Gasteiger partial charge is 0.342 e. The summed E-state index contributed by atoms with van der Waals surface area (Å²) >= 11 is 11.8. The first-order chi connectivity index (χ1) is 10.5. The fraction of sp³-hybridized carbons (Fsp3) is 0.0714. The Morgan fingerprint density at radius 1 is 1.23 bits per heavy atom. The van der Waals surface area contributed by atoms with E-state index in [-0.39, 0.29) is 16.4 Å². The predicted molar refractivity (Wildman–Crippen MR) is 84.0 cm³/mol. The molecule has 0 atom stereocenters.